The molecular formula is C15H21N3O3. The van der Waals surface area contributed by atoms with Gasteiger partial charge in [0.25, 0.3) is 0 Å². The summed E-state index contributed by atoms with van der Waals surface area (Å²) < 4.78 is 4.53. The molecule has 0 radical (unpaired) electrons. The van der Waals surface area contributed by atoms with E-state index in [1.807, 2.05) is 0 Å². The number of rotatable bonds is 3. The van der Waals surface area contributed by atoms with Crippen molar-refractivity contribution in [1.82, 2.24) is 0 Å². The van der Waals surface area contributed by atoms with Crippen LogP contribution in [0.1, 0.15) is 32.1 Å². The lowest BCUT2D eigenvalue weighted by Crippen LogP contribution is -2.52. The van der Waals surface area contributed by atoms with Crippen LogP contribution in [0.15, 0.2) is 24.3 Å². The van der Waals surface area contributed by atoms with Crippen LogP contribution in [0.25, 0.3) is 0 Å². The van der Waals surface area contributed by atoms with Gasteiger partial charge in [0.1, 0.15) is 0 Å². The Balaban J connectivity index is 2.03. The molecule has 2 rings (SSSR count). The van der Waals surface area contributed by atoms with Crippen molar-refractivity contribution in [1.29, 1.82) is 0 Å². The zero-order valence-corrected chi connectivity index (χ0v) is 12.1. The Morgan fingerprint density at radius 2 is 1.76 bits per heavy atom. The van der Waals surface area contributed by atoms with Crippen LogP contribution in [0.5, 0.6) is 0 Å². The van der Waals surface area contributed by atoms with Gasteiger partial charge < -0.3 is 15.8 Å². The van der Waals surface area contributed by atoms with Gasteiger partial charge >= 0.3 is 6.09 Å². The molecule has 1 aromatic carbocycles. The maximum absolute atomic E-state index is 12.3. The number of carbonyl (C=O) groups is 2. The Bertz CT molecular complexity index is 525. The monoisotopic (exact) mass is 291 g/mol. The number of hydrogen-bond donors (Lipinski definition) is 3. The highest BCUT2D eigenvalue weighted by Gasteiger charge is 2.35. The predicted octanol–water partition coefficient (Wildman–Crippen LogP) is 2.46. The number of carbonyl (C=O) groups excluding carboxylic acids is 2. The Morgan fingerprint density at radius 1 is 1.14 bits per heavy atom. The largest absolute Gasteiger partial charge is 0.453 e. The second kappa shape index (κ2) is 6.58. The predicted molar refractivity (Wildman–Crippen MR) is 81.1 cm³/mol. The quantitative estimate of drug-likeness (QED) is 0.797. The van der Waals surface area contributed by atoms with Gasteiger partial charge in [-0.15, -0.1) is 0 Å². The van der Waals surface area contributed by atoms with Crippen LogP contribution in [0.3, 0.4) is 0 Å². The molecule has 6 nitrogen and oxygen atoms in total. The zero-order chi connectivity index (χ0) is 15.3. The van der Waals surface area contributed by atoms with E-state index >= 15 is 0 Å². The van der Waals surface area contributed by atoms with Gasteiger partial charge in [0, 0.05) is 11.4 Å². The van der Waals surface area contributed by atoms with Gasteiger partial charge in [0.05, 0.1) is 12.6 Å². The van der Waals surface area contributed by atoms with Crippen LogP contribution in [0.4, 0.5) is 16.2 Å². The molecule has 0 bridgehead atoms. The second-order valence-corrected chi connectivity index (χ2v) is 5.37. The van der Waals surface area contributed by atoms with E-state index in [2.05, 4.69) is 15.4 Å². The lowest BCUT2D eigenvalue weighted by atomic mass is 9.82. The van der Waals surface area contributed by atoms with Gasteiger partial charge in [-0.2, -0.15) is 0 Å². The molecule has 1 fully saturated rings. The third kappa shape index (κ3) is 3.95. The highest BCUT2D eigenvalue weighted by Crippen LogP contribution is 2.27. The van der Waals surface area contributed by atoms with E-state index in [0.717, 1.165) is 19.3 Å². The van der Waals surface area contributed by atoms with Crippen LogP contribution in [0.2, 0.25) is 0 Å². The third-order valence-corrected chi connectivity index (χ3v) is 3.75. The summed E-state index contributed by atoms with van der Waals surface area (Å²) in [4.78, 5) is 23.5. The van der Waals surface area contributed by atoms with Crippen LogP contribution < -0.4 is 16.4 Å². The second-order valence-electron chi connectivity index (χ2n) is 5.37. The molecule has 4 N–H and O–H groups in total. The molecule has 0 aliphatic heterocycles. The Kier molecular flexibility index (Phi) is 4.80. The number of nitrogens with two attached hydrogens (primary N) is 1. The van der Waals surface area contributed by atoms with Crippen molar-refractivity contribution in [3.63, 3.8) is 0 Å². The van der Waals surface area contributed by atoms with Crippen molar-refractivity contribution in [2.75, 3.05) is 17.7 Å². The first kappa shape index (κ1) is 15.3. The summed E-state index contributed by atoms with van der Waals surface area (Å²) in [5.74, 6) is -0.169. The molecule has 2 amide bonds. The van der Waals surface area contributed by atoms with E-state index in [1.165, 1.54) is 7.11 Å². The lowest BCUT2D eigenvalue weighted by molar-refractivity contribution is -0.122. The molecule has 1 saturated carbocycles. The average molecular weight is 291 g/mol. The number of amides is 2. The van der Waals surface area contributed by atoms with Crippen LogP contribution in [-0.2, 0) is 9.53 Å². The molecule has 0 saturated heterocycles. The number of nitrogens with one attached hydrogen (secondary N) is 2. The molecule has 0 heterocycles. The molecule has 1 aliphatic rings. The lowest BCUT2D eigenvalue weighted by Gasteiger charge is -2.31. The number of hydrogen-bond acceptors (Lipinski definition) is 4. The molecule has 21 heavy (non-hydrogen) atoms. The first-order chi connectivity index (χ1) is 10.0. The van der Waals surface area contributed by atoms with E-state index in [4.69, 9.17) is 5.73 Å². The van der Waals surface area contributed by atoms with Crippen molar-refractivity contribution < 1.29 is 14.3 Å². The average Bonchev–Trinajstić information content (AvgIpc) is 2.48. The van der Waals surface area contributed by atoms with Crippen molar-refractivity contribution in [3.05, 3.63) is 24.3 Å². The van der Waals surface area contributed by atoms with Crippen LogP contribution in [-0.4, -0.2) is 24.6 Å². The number of methoxy groups -OCH3 is 1. The molecule has 1 aromatic rings. The standard InChI is InChI=1S/C15H21N3O3/c1-21-14(20)18-12-7-5-6-11(10-12)17-13(19)15(16)8-3-2-4-9-15/h5-7,10H,2-4,8-9,16H2,1H3,(H,17,19)(H,18,20). The summed E-state index contributed by atoms with van der Waals surface area (Å²) >= 11 is 0. The topological polar surface area (TPSA) is 93.5 Å². The van der Waals surface area contributed by atoms with Gasteiger partial charge in [0.2, 0.25) is 5.91 Å². The summed E-state index contributed by atoms with van der Waals surface area (Å²) in [5, 5.41) is 5.38. The highest BCUT2D eigenvalue weighted by atomic mass is 16.5. The van der Waals surface area contributed by atoms with Crippen LogP contribution >= 0.6 is 0 Å². The summed E-state index contributed by atoms with van der Waals surface area (Å²) in [7, 11) is 1.29. The first-order valence-corrected chi connectivity index (χ1v) is 7.09. The molecule has 6 heteroatoms. The van der Waals surface area contributed by atoms with Gasteiger partial charge in [-0.3, -0.25) is 10.1 Å². The SMILES string of the molecule is COC(=O)Nc1cccc(NC(=O)C2(N)CCCCC2)c1. The molecular weight excluding hydrogens is 270 g/mol. The van der Waals surface area contributed by atoms with E-state index in [0.29, 0.717) is 24.2 Å². The third-order valence-electron chi connectivity index (χ3n) is 3.75. The first-order valence-electron chi connectivity index (χ1n) is 7.09. The highest BCUT2D eigenvalue weighted by molar-refractivity contribution is 5.98. The van der Waals surface area contributed by atoms with E-state index in [-0.39, 0.29) is 5.91 Å². The minimum atomic E-state index is -0.788. The minimum Gasteiger partial charge on any atom is -0.453 e. The number of anilines is 2. The molecule has 0 unspecified atom stereocenters. The molecule has 1 aliphatic carbocycles. The summed E-state index contributed by atoms with van der Waals surface area (Å²) in [6, 6.07) is 6.88. The fourth-order valence-corrected chi connectivity index (χ4v) is 2.51. The van der Waals surface area contributed by atoms with E-state index in [9.17, 15) is 9.59 Å². The maximum Gasteiger partial charge on any atom is 0.411 e. The van der Waals surface area contributed by atoms with Crippen molar-refractivity contribution in [3.8, 4) is 0 Å². The van der Waals surface area contributed by atoms with Gasteiger partial charge in [0.15, 0.2) is 0 Å². The number of ether oxygens (including phenoxy) is 1. The zero-order valence-electron chi connectivity index (χ0n) is 12.1. The fraction of sp³-hybridized carbons (Fsp3) is 0.467. The maximum atomic E-state index is 12.3. The smallest absolute Gasteiger partial charge is 0.411 e. The van der Waals surface area contributed by atoms with Crippen molar-refractivity contribution in [2.24, 2.45) is 5.73 Å². The Morgan fingerprint density at radius 3 is 2.38 bits per heavy atom. The van der Waals surface area contributed by atoms with Crippen molar-refractivity contribution >= 4 is 23.4 Å². The fourth-order valence-electron chi connectivity index (χ4n) is 2.51. The molecule has 0 atom stereocenters. The molecule has 114 valence electrons. The summed E-state index contributed by atoms with van der Waals surface area (Å²) in [6.07, 6.45) is 3.95. The minimum absolute atomic E-state index is 0.169. The summed E-state index contributed by atoms with van der Waals surface area (Å²) in [6.45, 7) is 0. The van der Waals surface area contributed by atoms with Crippen LogP contribution in [0, 0.1) is 0 Å². The van der Waals surface area contributed by atoms with Crippen molar-refractivity contribution in [2.45, 2.75) is 37.6 Å². The van der Waals surface area contributed by atoms with E-state index < -0.39 is 11.6 Å². The molecule has 0 aromatic heterocycles. The summed E-state index contributed by atoms with van der Waals surface area (Å²) in [5.41, 5.74) is 6.55. The Hall–Kier alpha value is -2.08. The Labute approximate surface area is 124 Å². The van der Waals surface area contributed by atoms with Gasteiger partial charge in [-0.1, -0.05) is 25.3 Å². The molecule has 0 spiro atoms. The van der Waals surface area contributed by atoms with Gasteiger partial charge in [-0.05, 0) is 31.0 Å². The number of benzene rings is 1. The van der Waals surface area contributed by atoms with E-state index in [1.54, 1.807) is 24.3 Å². The normalized spacial score (nSPS) is 16.9. The van der Waals surface area contributed by atoms with Gasteiger partial charge in [-0.25, -0.2) is 4.79 Å².